The fraction of sp³-hybridized carbons (Fsp3) is 1.00. The number of nitrogens with two attached hydrogens (primary N) is 1. The van der Waals surface area contributed by atoms with Gasteiger partial charge in [-0.05, 0) is 12.8 Å². The largest absolute Gasteiger partial charge is 0.328 e. The van der Waals surface area contributed by atoms with E-state index in [0.29, 0.717) is 6.04 Å². The molecule has 1 radical (unpaired) electrons. The summed E-state index contributed by atoms with van der Waals surface area (Å²) in [5.41, 5.74) is 5.90. The molecule has 0 rings (SSSR count). The van der Waals surface area contributed by atoms with E-state index in [9.17, 15) is 0 Å². The maximum Gasteiger partial charge on any atom is 0.00388 e. The average Bonchev–Trinajstić information content (AvgIpc) is 2.01. The van der Waals surface area contributed by atoms with Crippen LogP contribution >= 0.6 is 0 Å². The summed E-state index contributed by atoms with van der Waals surface area (Å²) >= 11 is 0. The van der Waals surface area contributed by atoms with Gasteiger partial charge in [-0.3, -0.25) is 0 Å². The van der Waals surface area contributed by atoms with Crippen molar-refractivity contribution in [2.24, 2.45) is 5.73 Å². The van der Waals surface area contributed by atoms with Gasteiger partial charge in [0, 0.05) is 35.6 Å². The summed E-state index contributed by atoms with van der Waals surface area (Å²) in [5.74, 6) is 0. The zero-order valence-electron chi connectivity index (χ0n) is 9.10. The van der Waals surface area contributed by atoms with Crippen LogP contribution in [0.5, 0.6) is 0 Å². The molecule has 0 bridgehead atoms. The van der Waals surface area contributed by atoms with Crippen molar-refractivity contribution in [3.63, 3.8) is 0 Å². The molecule has 1 unspecified atom stereocenters. The van der Waals surface area contributed by atoms with E-state index in [1.807, 2.05) is 0 Å². The second-order valence-corrected chi connectivity index (χ2v) is 3.40. The van der Waals surface area contributed by atoms with Crippen LogP contribution in [0.3, 0.4) is 0 Å². The molecule has 0 aliphatic carbocycles. The second kappa shape index (κ2) is 12.0. The summed E-state index contributed by atoms with van der Waals surface area (Å²) < 4.78 is 0. The van der Waals surface area contributed by atoms with Crippen molar-refractivity contribution in [1.29, 1.82) is 0 Å². The third-order valence-electron chi connectivity index (χ3n) is 2.11. The Labute approximate surface area is 99.8 Å². The van der Waals surface area contributed by atoms with Crippen molar-refractivity contribution in [3.05, 3.63) is 0 Å². The van der Waals surface area contributed by atoms with Crippen LogP contribution in [0.1, 0.15) is 58.8 Å². The zero-order chi connectivity index (χ0) is 8.53. The molecular formula is C10H23NNa. The number of unbranched alkanes of at least 4 members (excludes halogenated alkanes) is 3. The summed E-state index contributed by atoms with van der Waals surface area (Å²) in [4.78, 5) is 0. The fourth-order valence-corrected chi connectivity index (χ4v) is 1.27. The van der Waals surface area contributed by atoms with Gasteiger partial charge in [-0.2, -0.15) is 0 Å². The van der Waals surface area contributed by atoms with Gasteiger partial charge in [-0.1, -0.05) is 46.0 Å². The van der Waals surface area contributed by atoms with Gasteiger partial charge in [0.1, 0.15) is 0 Å². The molecule has 0 aromatic heterocycles. The van der Waals surface area contributed by atoms with Crippen LogP contribution < -0.4 is 5.73 Å². The molecule has 0 aliphatic heterocycles. The predicted molar refractivity (Wildman–Crippen MR) is 57.4 cm³/mol. The maximum absolute atomic E-state index is 5.90. The van der Waals surface area contributed by atoms with Crippen LogP contribution in [0.4, 0.5) is 0 Å². The van der Waals surface area contributed by atoms with E-state index in [1.165, 1.54) is 44.9 Å². The monoisotopic (exact) mass is 180 g/mol. The Morgan fingerprint density at radius 3 is 1.92 bits per heavy atom. The van der Waals surface area contributed by atoms with Crippen LogP contribution in [-0.4, -0.2) is 35.6 Å². The van der Waals surface area contributed by atoms with E-state index in [0.717, 1.165) is 0 Å². The van der Waals surface area contributed by atoms with Crippen molar-refractivity contribution < 1.29 is 0 Å². The van der Waals surface area contributed by atoms with Crippen LogP contribution in [0, 0.1) is 0 Å². The Bertz CT molecular complexity index is 76.2. The van der Waals surface area contributed by atoms with Crippen molar-refractivity contribution in [1.82, 2.24) is 0 Å². The minimum Gasteiger partial charge on any atom is -0.328 e. The first-order valence-corrected chi connectivity index (χ1v) is 5.06. The van der Waals surface area contributed by atoms with Gasteiger partial charge in [0.15, 0.2) is 0 Å². The molecule has 0 fully saturated rings. The van der Waals surface area contributed by atoms with Crippen LogP contribution in [0.2, 0.25) is 0 Å². The molecule has 0 aliphatic rings. The Balaban J connectivity index is 0. The van der Waals surface area contributed by atoms with Crippen molar-refractivity contribution >= 4 is 29.6 Å². The van der Waals surface area contributed by atoms with Crippen LogP contribution in [-0.2, 0) is 0 Å². The maximum atomic E-state index is 5.90. The number of rotatable bonds is 7. The van der Waals surface area contributed by atoms with Crippen LogP contribution in [0.25, 0.3) is 0 Å². The van der Waals surface area contributed by atoms with E-state index >= 15 is 0 Å². The topological polar surface area (TPSA) is 26.0 Å². The van der Waals surface area contributed by atoms with Gasteiger partial charge in [0.2, 0.25) is 0 Å². The Morgan fingerprint density at radius 2 is 1.42 bits per heavy atom. The molecule has 1 atom stereocenters. The standard InChI is InChI=1S/C10H23N.Na/c1-3-5-7-9-10(11)8-6-4-2;/h10H,3-9,11H2,1-2H3;. The molecule has 0 saturated carbocycles. The molecule has 2 heteroatoms. The molecule has 0 aromatic carbocycles. The average molecular weight is 180 g/mol. The summed E-state index contributed by atoms with van der Waals surface area (Å²) in [5, 5.41) is 0. The molecule has 1 nitrogen and oxygen atoms in total. The Kier molecular flexibility index (Phi) is 15.4. The SMILES string of the molecule is CCCCCC(N)CCCC.[Na]. The summed E-state index contributed by atoms with van der Waals surface area (Å²) in [7, 11) is 0. The van der Waals surface area contributed by atoms with E-state index in [-0.39, 0.29) is 29.6 Å². The fourth-order valence-electron chi connectivity index (χ4n) is 1.27. The van der Waals surface area contributed by atoms with Gasteiger partial charge in [-0.25, -0.2) is 0 Å². The smallest absolute Gasteiger partial charge is 0.00388 e. The van der Waals surface area contributed by atoms with Crippen LogP contribution in [0.15, 0.2) is 0 Å². The number of hydrogen-bond donors (Lipinski definition) is 1. The molecular weight excluding hydrogens is 157 g/mol. The third kappa shape index (κ3) is 11.0. The van der Waals surface area contributed by atoms with E-state index in [4.69, 9.17) is 5.73 Å². The van der Waals surface area contributed by atoms with E-state index in [2.05, 4.69) is 13.8 Å². The summed E-state index contributed by atoms with van der Waals surface area (Å²) in [6.07, 6.45) is 9.00. The molecule has 0 amide bonds. The first-order valence-electron chi connectivity index (χ1n) is 5.06. The van der Waals surface area contributed by atoms with Gasteiger partial charge in [0.05, 0.1) is 0 Å². The second-order valence-electron chi connectivity index (χ2n) is 3.40. The van der Waals surface area contributed by atoms with Gasteiger partial charge >= 0.3 is 0 Å². The first kappa shape index (κ1) is 15.4. The third-order valence-corrected chi connectivity index (χ3v) is 2.11. The zero-order valence-corrected chi connectivity index (χ0v) is 11.1. The molecule has 0 saturated heterocycles. The molecule has 0 aromatic rings. The first-order chi connectivity index (χ1) is 5.31. The quantitative estimate of drug-likeness (QED) is 0.473. The van der Waals surface area contributed by atoms with Gasteiger partial charge in [-0.15, -0.1) is 0 Å². The summed E-state index contributed by atoms with van der Waals surface area (Å²) in [6, 6.07) is 0.474. The summed E-state index contributed by atoms with van der Waals surface area (Å²) in [6.45, 7) is 4.45. The Morgan fingerprint density at radius 1 is 0.917 bits per heavy atom. The van der Waals surface area contributed by atoms with Crippen molar-refractivity contribution in [2.75, 3.05) is 0 Å². The number of hydrogen-bond acceptors (Lipinski definition) is 1. The predicted octanol–water partition coefficient (Wildman–Crippen LogP) is 2.70. The van der Waals surface area contributed by atoms with Crippen molar-refractivity contribution in [2.45, 2.75) is 64.8 Å². The van der Waals surface area contributed by atoms with E-state index in [1.54, 1.807) is 0 Å². The van der Waals surface area contributed by atoms with Gasteiger partial charge in [0.25, 0.3) is 0 Å². The minimum absolute atomic E-state index is 0. The minimum atomic E-state index is 0. The van der Waals surface area contributed by atoms with Gasteiger partial charge < -0.3 is 5.73 Å². The molecule has 0 heterocycles. The molecule has 12 heavy (non-hydrogen) atoms. The Hall–Kier alpha value is 0.960. The molecule has 2 N–H and O–H groups in total. The van der Waals surface area contributed by atoms with E-state index < -0.39 is 0 Å². The van der Waals surface area contributed by atoms with Crippen molar-refractivity contribution in [3.8, 4) is 0 Å². The molecule has 69 valence electrons. The molecule has 0 spiro atoms. The normalized spacial score (nSPS) is 12.2.